The quantitative estimate of drug-likeness (QED) is 0.431. The molecule has 1 amide bonds. The van der Waals surface area contributed by atoms with Crippen molar-refractivity contribution in [3.05, 3.63) is 58.7 Å². The molecule has 3 aromatic rings. The summed E-state index contributed by atoms with van der Waals surface area (Å²) in [5.74, 6) is -4.42. The van der Waals surface area contributed by atoms with Gasteiger partial charge >= 0.3 is 5.92 Å². The molecule has 0 saturated heterocycles. The summed E-state index contributed by atoms with van der Waals surface area (Å²) >= 11 is 0. The van der Waals surface area contributed by atoms with Gasteiger partial charge in [0, 0.05) is 37.2 Å². The third-order valence-electron chi connectivity index (χ3n) is 7.41. The van der Waals surface area contributed by atoms with Crippen LogP contribution >= 0.6 is 0 Å². The van der Waals surface area contributed by atoms with E-state index in [4.69, 9.17) is 4.74 Å². The second-order valence-corrected chi connectivity index (χ2v) is 10.8. The van der Waals surface area contributed by atoms with Gasteiger partial charge in [-0.15, -0.1) is 0 Å². The molecular formula is C28H34F3N5O3. The predicted octanol–water partition coefficient (Wildman–Crippen LogP) is 4.49. The summed E-state index contributed by atoms with van der Waals surface area (Å²) in [7, 11) is 6.22. The SMILES string of the molecule is COC1(C)C(=O)N(C)c2cc3c(N[C@H](C)c4cccc(C(F)(F)[C@](C)(O)CN(C)C)c4F)nc(C)nc3cc21. The smallest absolute Gasteiger partial charge is 0.305 e. The number of amides is 1. The summed E-state index contributed by atoms with van der Waals surface area (Å²) in [5, 5.41) is 14.3. The van der Waals surface area contributed by atoms with E-state index in [1.54, 1.807) is 54.0 Å². The lowest BCUT2D eigenvalue weighted by Crippen LogP contribution is -2.50. The van der Waals surface area contributed by atoms with Crippen molar-refractivity contribution in [3.8, 4) is 0 Å². The van der Waals surface area contributed by atoms with Crippen LogP contribution in [0.3, 0.4) is 0 Å². The molecule has 1 aliphatic rings. The van der Waals surface area contributed by atoms with Crippen LogP contribution in [0.4, 0.5) is 24.7 Å². The second-order valence-electron chi connectivity index (χ2n) is 10.8. The largest absolute Gasteiger partial charge is 0.382 e. The molecule has 0 fully saturated rings. The summed E-state index contributed by atoms with van der Waals surface area (Å²) in [5.41, 5.74) is -2.75. The number of aromatic nitrogens is 2. The molecule has 2 N–H and O–H groups in total. The number of methoxy groups -OCH3 is 1. The molecule has 1 aliphatic heterocycles. The normalized spacial score (nSPS) is 19.9. The number of nitrogens with zero attached hydrogens (tertiary/aromatic N) is 4. The van der Waals surface area contributed by atoms with E-state index in [1.165, 1.54) is 29.0 Å². The van der Waals surface area contributed by atoms with Crippen LogP contribution in [0.15, 0.2) is 30.3 Å². The molecule has 1 unspecified atom stereocenters. The highest BCUT2D eigenvalue weighted by atomic mass is 19.3. The standard InChI is InChI=1S/C28H34F3N5O3/c1-15(17-10-9-11-19(23(17)29)28(30,31)26(3,38)14-35(5)6)32-24-18-12-22-20(13-21(18)33-16(2)34-24)27(4,39-8)25(37)36(22)7/h9-13,15,38H,14H2,1-8H3,(H,32,33,34)/t15-,26-,27?/m1/s1. The molecule has 1 aromatic heterocycles. The summed E-state index contributed by atoms with van der Waals surface area (Å²) < 4.78 is 52.0. The molecule has 11 heteroatoms. The maximum absolute atomic E-state index is 15.6. The zero-order chi connectivity index (χ0) is 29.1. The topological polar surface area (TPSA) is 90.8 Å². The van der Waals surface area contributed by atoms with Gasteiger partial charge in [-0.1, -0.05) is 12.1 Å². The van der Waals surface area contributed by atoms with Crippen LogP contribution in [0, 0.1) is 12.7 Å². The highest BCUT2D eigenvalue weighted by Crippen LogP contribution is 2.45. The Balaban J connectivity index is 1.76. The van der Waals surface area contributed by atoms with Crippen LogP contribution in [0.2, 0.25) is 0 Å². The third kappa shape index (κ3) is 4.62. The molecule has 0 saturated carbocycles. The van der Waals surface area contributed by atoms with Crippen LogP contribution in [-0.2, 0) is 21.1 Å². The molecule has 0 bridgehead atoms. The second kappa shape index (κ2) is 9.72. The van der Waals surface area contributed by atoms with Crippen LogP contribution < -0.4 is 10.2 Å². The number of likely N-dealkylation sites (N-methyl/N-ethyl adjacent to an activating group) is 2. The Labute approximate surface area is 225 Å². The van der Waals surface area contributed by atoms with Gasteiger partial charge in [-0.3, -0.25) is 4.79 Å². The highest BCUT2D eigenvalue weighted by Gasteiger charge is 2.52. The van der Waals surface area contributed by atoms with Gasteiger partial charge in [-0.05, 0) is 60.0 Å². The van der Waals surface area contributed by atoms with Crippen molar-refractivity contribution < 1.29 is 27.8 Å². The third-order valence-corrected chi connectivity index (χ3v) is 7.41. The Morgan fingerprint density at radius 2 is 1.92 bits per heavy atom. The average Bonchev–Trinajstić information content (AvgIpc) is 3.03. The number of benzene rings is 2. The van der Waals surface area contributed by atoms with E-state index >= 15 is 13.2 Å². The van der Waals surface area contributed by atoms with Crippen molar-refractivity contribution >= 4 is 28.3 Å². The van der Waals surface area contributed by atoms with E-state index in [0.29, 0.717) is 33.8 Å². The number of aryl methyl sites for hydroxylation is 1. The van der Waals surface area contributed by atoms with Crippen molar-refractivity contribution in [2.75, 3.05) is 45.0 Å². The predicted molar refractivity (Wildman–Crippen MR) is 144 cm³/mol. The Morgan fingerprint density at radius 3 is 2.54 bits per heavy atom. The van der Waals surface area contributed by atoms with Crippen molar-refractivity contribution in [1.82, 2.24) is 14.9 Å². The van der Waals surface area contributed by atoms with Gasteiger partial charge in [0.15, 0.2) is 5.60 Å². The number of rotatable bonds is 8. The Kier molecular flexibility index (Phi) is 7.16. The zero-order valence-corrected chi connectivity index (χ0v) is 23.4. The minimum absolute atomic E-state index is 0.0161. The molecular weight excluding hydrogens is 511 g/mol. The number of nitrogens with one attached hydrogen (secondary N) is 1. The highest BCUT2D eigenvalue weighted by molar-refractivity contribution is 6.09. The molecule has 2 aromatic carbocycles. The Hall–Kier alpha value is -3.28. The Morgan fingerprint density at radius 1 is 1.26 bits per heavy atom. The molecule has 3 atom stereocenters. The van der Waals surface area contributed by atoms with Crippen molar-refractivity contribution in [1.29, 1.82) is 0 Å². The van der Waals surface area contributed by atoms with Crippen molar-refractivity contribution in [3.63, 3.8) is 0 Å². The summed E-state index contributed by atoms with van der Waals surface area (Å²) in [6, 6.07) is 6.50. The molecule has 0 spiro atoms. The minimum atomic E-state index is -3.86. The van der Waals surface area contributed by atoms with Gasteiger partial charge in [0.05, 0.1) is 22.8 Å². The van der Waals surface area contributed by atoms with Crippen LogP contribution in [-0.4, -0.2) is 66.3 Å². The number of aliphatic hydroxyl groups is 1. The number of carbonyl (C=O) groups is 1. The monoisotopic (exact) mass is 545 g/mol. The number of ether oxygens (including phenoxy) is 1. The fraction of sp³-hybridized carbons (Fsp3) is 0.464. The fourth-order valence-corrected chi connectivity index (χ4v) is 5.21. The minimum Gasteiger partial charge on any atom is -0.382 e. The number of fused-ring (bicyclic) bond motifs is 2. The molecule has 4 rings (SSSR count). The number of hydrogen-bond donors (Lipinski definition) is 2. The van der Waals surface area contributed by atoms with E-state index in [-0.39, 0.29) is 18.0 Å². The van der Waals surface area contributed by atoms with Gasteiger partial charge in [0.2, 0.25) is 0 Å². The fourth-order valence-electron chi connectivity index (χ4n) is 5.21. The zero-order valence-electron chi connectivity index (χ0n) is 23.4. The average molecular weight is 546 g/mol. The number of alkyl halides is 2. The lowest BCUT2D eigenvalue weighted by Gasteiger charge is -2.35. The van der Waals surface area contributed by atoms with E-state index in [2.05, 4.69) is 15.3 Å². The number of anilines is 2. The van der Waals surface area contributed by atoms with E-state index in [0.717, 1.165) is 13.0 Å². The van der Waals surface area contributed by atoms with Crippen LogP contribution in [0.1, 0.15) is 49.3 Å². The van der Waals surface area contributed by atoms with Gasteiger partial charge in [-0.25, -0.2) is 14.4 Å². The van der Waals surface area contributed by atoms with Crippen LogP contribution in [0.5, 0.6) is 0 Å². The molecule has 0 aliphatic carbocycles. The number of carbonyl (C=O) groups excluding carboxylic acids is 1. The summed E-state index contributed by atoms with van der Waals surface area (Å²) in [6.45, 7) is 5.65. The summed E-state index contributed by atoms with van der Waals surface area (Å²) in [4.78, 5) is 24.8. The van der Waals surface area contributed by atoms with E-state index in [9.17, 15) is 9.90 Å². The van der Waals surface area contributed by atoms with E-state index < -0.39 is 34.5 Å². The molecule has 2 heterocycles. The van der Waals surface area contributed by atoms with Crippen LogP contribution in [0.25, 0.3) is 10.9 Å². The van der Waals surface area contributed by atoms with Gasteiger partial charge < -0.3 is 25.0 Å². The maximum Gasteiger partial charge on any atom is 0.305 e. The first-order chi connectivity index (χ1) is 18.0. The Bertz CT molecular complexity index is 1450. The first-order valence-electron chi connectivity index (χ1n) is 12.5. The molecule has 0 radical (unpaired) electrons. The lowest BCUT2D eigenvalue weighted by molar-refractivity contribution is -0.186. The van der Waals surface area contributed by atoms with Gasteiger partial charge in [0.1, 0.15) is 23.1 Å². The maximum atomic E-state index is 15.6. The lowest BCUT2D eigenvalue weighted by atomic mass is 9.89. The van der Waals surface area contributed by atoms with Gasteiger partial charge in [0.25, 0.3) is 5.91 Å². The summed E-state index contributed by atoms with van der Waals surface area (Å²) in [6.07, 6.45) is 0. The van der Waals surface area contributed by atoms with Crippen molar-refractivity contribution in [2.24, 2.45) is 0 Å². The van der Waals surface area contributed by atoms with Gasteiger partial charge in [-0.2, -0.15) is 8.78 Å². The number of hydrogen-bond acceptors (Lipinski definition) is 7. The molecule has 8 nitrogen and oxygen atoms in total. The van der Waals surface area contributed by atoms with E-state index in [1.807, 2.05) is 0 Å². The molecule has 210 valence electrons. The number of halogens is 3. The first kappa shape index (κ1) is 28.7. The first-order valence-corrected chi connectivity index (χ1v) is 12.5. The molecule has 39 heavy (non-hydrogen) atoms. The van der Waals surface area contributed by atoms with Crippen molar-refractivity contribution in [2.45, 2.75) is 50.9 Å².